The summed E-state index contributed by atoms with van der Waals surface area (Å²) in [5, 5.41) is 11.0. The van der Waals surface area contributed by atoms with Gasteiger partial charge in [0.1, 0.15) is 18.3 Å². The van der Waals surface area contributed by atoms with E-state index in [4.69, 9.17) is 4.74 Å². The first-order chi connectivity index (χ1) is 12.5. The molecule has 0 radical (unpaired) electrons. The van der Waals surface area contributed by atoms with Crippen molar-refractivity contribution in [3.63, 3.8) is 0 Å². The molecule has 1 aliphatic rings. The Hall–Kier alpha value is -3.23. The third kappa shape index (κ3) is 3.28. The summed E-state index contributed by atoms with van der Waals surface area (Å²) in [6, 6.07) is 7.41. The van der Waals surface area contributed by atoms with Gasteiger partial charge in [-0.15, -0.1) is 0 Å². The molecule has 2 atom stereocenters. The topological polar surface area (TPSA) is 108 Å². The summed E-state index contributed by atoms with van der Waals surface area (Å²) in [4.78, 5) is 40.8. The number of esters is 1. The Kier molecular flexibility index (Phi) is 4.97. The molecular weight excluding hydrogens is 340 g/mol. The number of hydrogen-bond donors (Lipinski definition) is 0. The van der Waals surface area contributed by atoms with E-state index in [-0.39, 0.29) is 11.7 Å². The molecule has 2 heterocycles. The molecule has 1 aromatic carbocycles. The van der Waals surface area contributed by atoms with E-state index in [2.05, 4.69) is 4.98 Å². The number of likely N-dealkylation sites (tertiary alicyclic amines) is 1. The van der Waals surface area contributed by atoms with E-state index in [1.165, 1.54) is 29.1 Å². The van der Waals surface area contributed by atoms with Crippen LogP contribution in [0.2, 0.25) is 0 Å². The minimum absolute atomic E-state index is 0.323. The van der Waals surface area contributed by atoms with Crippen molar-refractivity contribution in [1.29, 1.82) is 0 Å². The van der Waals surface area contributed by atoms with Gasteiger partial charge in [0.25, 0.3) is 5.91 Å². The molecule has 0 bridgehead atoms. The third-order valence-corrected chi connectivity index (χ3v) is 4.43. The van der Waals surface area contributed by atoms with E-state index in [9.17, 15) is 19.7 Å². The zero-order chi connectivity index (χ0) is 18.7. The van der Waals surface area contributed by atoms with Gasteiger partial charge in [-0.1, -0.05) is 30.3 Å². The first kappa shape index (κ1) is 17.6. The maximum Gasteiger partial charge on any atom is 0.381 e. The van der Waals surface area contributed by atoms with Crippen LogP contribution in [0.4, 0.5) is 5.82 Å². The predicted octanol–water partition coefficient (Wildman–Crippen LogP) is 1.54. The van der Waals surface area contributed by atoms with Gasteiger partial charge in [-0.05, 0) is 28.3 Å². The lowest BCUT2D eigenvalue weighted by atomic mass is 10.0. The van der Waals surface area contributed by atoms with Gasteiger partial charge in [-0.2, -0.15) is 0 Å². The van der Waals surface area contributed by atoms with Gasteiger partial charge < -0.3 is 19.8 Å². The Balaban J connectivity index is 1.99. The van der Waals surface area contributed by atoms with E-state index < -0.39 is 23.0 Å². The van der Waals surface area contributed by atoms with E-state index >= 15 is 0 Å². The lowest BCUT2D eigenvalue weighted by Crippen LogP contribution is -2.44. The molecule has 9 heteroatoms. The maximum atomic E-state index is 13.3. The van der Waals surface area contributed by atoms with Gasteiger partial charge in [0, 0.05) is 6.54 Å². The van der Waals surface area contributed by atoms with E-state index in [1.807, 2.05) is 6.07 Å². The van der Waals surface area contributed by atoms with Crippen LogP contribution in [0.25, 0.3) is 0 Å². The first-order valence-electron chi connectivity index (χ1n) is 8.14. The van der Waals surface area contributed by atoms with Crippen LogP contribution in [0.1, 0.15) is 24.4 Å². The normalized spacial score (nSPS) is 17.7. The highest BCUT2D eigenvalue weighted by Gasteiger charge is 2.39. The fourth-order valence-corrected chi connectivity index (χ4v) is 3.21. The molecule has 1 unspecified atom stereocenters. The van der Waals surface area contributed by atoms with Crippen LogP contribution in [0, 0.1) is 10.1 Å². The van der Waals surface area contributed by atoms with Gasteiger partial charge in [0.05, 0.1) is 7.11 Å². The Labute approximate surface area is 149 Å². The molecule has 0 spiro atoms. The zero-order valence-corrected chi connectivity index (χ0v) is 14.1. The van der Waals surface area contributed by atoms with Crippen LogP contribution in [0.5, 0.6) is 0 Å². The number of amides is 1. The number of rotatable bonds is 5. The average molecular weight is 358 g/mol. The van der Waals surface area contributed by atoms with Crippen molar-refractivity contribution in [2.24, 2.45) is 0 Å². The molecule has 1 saturated heterocycles. The van der Waals surface area contributed by atoms with Crippen molar-refractivity contribution in [2.45, 2.75) is 24.9 Å². The number of aromatic nitrogens is 2. The SMILES string of the molecule is COC(=O)[C@@H]1CCCN1C(=O)C(c1ccccc1)n1cnc([N+](=O)[O-])c1. The second-order valence-electron chi connectivity index (χ2n) is 5.96. The summed E-state index contributed by atoms with van der Waals surface area (Å²) in [5.41, 5.74) is 0.653. The number of nitro groups is 1. The number of methoxy groups -OCH3 is 1. The molecule has 2 aromatic rings. The molecule has 9 nitrogen and oxygen atoms in total. The van der Waals surface area contributed by atoms with E-state index in [1.54, 1.807) is 24.3 Å². The van der Waals surface area contributed by atoms with Crippen molar-refractivity contribution in [3.05, 3.63) is 58.5 Å². The molecule has 1 aromatic heterocycles. The van der Waals surface area contributed by atoms with Crippen LogP contribution < -0.4 is 0 Å². The Morgan fingerprint density at radius 3 is 2.69 bits per heavy atom. The number of benzene rings is 1. The summed E-state index contributed by atoms with van der Waals surface area (Å²) < 4.78 is 6.21. The highest BCUT2D eigenvalue weighted by Crippen LogP contribution is 2.27. The fraction of sp³-hybridized carbons (Fsp3) is 0.353. The summed E-state index contributed by atoms with van der Waals surface area (Å²) in [6.07, 6.45) is 3.71. The van der Waals surface area contributed by atoms with Gasteiger partial charge in [-0.3, -0.25) is 9.36 Å². The second-order valence-corrected chi connectivity index (χ2v) is 5.96. The monoisotopic (exact) mass is 358 g/mol. The molecule has 1 fully saturated rings. The molecule has 136 valence electrons. The Bertz CT molecular complexity index is 820. The summed E-state index contributed by atoms with van der Waals surface area (Å²) in [6.45, 7) is 0.429. The molecule has 3 rings (SSSR count). The number of nitrogens with zero attached hydrogens (tertiary/aromatic N) is 4. The van der Waals surface area contributed by atoms with Gasteiger partial charge in [0.15, 0.2) is 0 Å². The summed E-state index contributed by atoms with van der Waals surface area (Å²) >= 11 is 0. The van der Waals surface area contributed by atoms with Crippen LogP contribution in [0.15, 0.2) is 42.9 Å². The van der Waals surface area contributed by atoms with Crippen LogP contribution in [-0.4, -0.2) is 50.9 Å². The molecule has 1 aliphatic heterocycles. The molecule has 0 aliphatic carbocycles. The van der Waals surface area contributed by atoms with Gasteiger partial charge >= 0.3 is 11.8 Å². The first-order valence-corrected chi connectivity index (χ1v) is 8.14. The Morgan fingerprint density at radius 1 is 1.35 bits per heavy atom. The van der Waals surface area contributed by atoms with Crippen molar-refractivity contribution in [1.82, 2.24) is 14.5 Å². The molecular formula is C17H18N4O5. The number of carbonyl (C=O) groups excluding carboxylic acids is 2. The lowest BCUT2D eigenvalue weighted by Gasteiger charge is -2.27. The van der Waals surface area contributed by atoms with Crippen LogP contribution in [-0.2, 0) is 14.3 Å². The standard InChI is InChI=1S/C17H18N4O5/c1-26-17(23)13-8-5-9-20(13)16(22)15(12-6-3-2-4-7-12)19-10-14(18-11-19)21(24)25/h2-4,6-7,10-11,13,15H,5,8-9H2,1H3/t13-,15?/m0/s1. The fourth-order valence-electron chi connectivity index (χ4n) is 3.21. The van der Waals surface area contributed by atoms with Gasteiger partial charge in [-0.25, -0.2) is 4.79 Å². The molecule has 26 heavy (non-hydrogen) atoms. The summed E-state index contributed by atoms with van der Waals surface area (Å²) in [7, 11) is 1.29. The molecule has 0 N–H and O–H groups in total. The highest BCUT2D eigenvalue weighted by atomic mass is 16.6. The van der Waals surface area contributed by atoms with Crippen molar-refractivity contribution in [2.75, 3.05) is 13.7 Å². The number of hydrogen-bond acceptors (Lipinski definition) is 6. The van der Waals surface area contributed by atoms with Crippen molar-refractivity contribution < 1.29 is 19.2 Å². The number of carbonyl (C=O) groups is 2. The average Bonchev–Trinajstić information content (AvgIpc) is 3.32. The quantitative estimate of drug-likeness (QED) is 0.456. The van der Waals surface area contributed by atoms with E-state index in [0.717, 1.165) is 0 Å². The van der Waals surface area contributed by atoms with Crippen molar-refractivity contribution in [3.8, 4) is 0 Å². The van der Waals surface area contributed by atoms with Crippen LogP contribution in [0.3, 0.4) is 0 Å². The predicted molar refractivity (Wildman–Crippen MR) is 90.2 cm³/mol. The minimum atomic E-state index is -0.845. The Morgan fingerprint density at radius 2 is 2.08 bits per heavy atom. The largest absolute Gasteiger partial charge is 0.467 e. The number of imidazole rings is 1. The molecule has 0 saturated carbocycles. The number of ether oxygens (including phenoxy) is 1. The van der Waals surface area contributed by atoms with E-state index in [0.29, 0.717) is 24.9 Å². The van der Waals surface area contributed by atoms with Crippen LogP contribution >= 0.6 is 0 Å². The maximum absolute atomic E-state index is 13.3. The molecule has 1 amide bonds. The summed E-state index contributed by atoms with van der Waals surface area (Å²) in [5.74, 6) is -1.12. The smallest absolute Gasteiger partial charge is 0.381 e. The van der Waals surface area contributed by atoms with Crippen molar-refractivity contribution >= 4 is 17.7 Å². The highest BCUT2D eigenvalue weighted by molar-refractivity contribution is 5.89. The van der Waals surface area contributed by atoms with Gasteiger partial charge in [0.2, 0.25) is 6.33 Å². The minimum Gasteiger partial charge on any atom is -0.467 e. The zero-order valence-electron chi connectivity index (χ0n) is 14.1. The lowest BCUT2D eigenvalue weighted by molar-refractivity contribution is -0.389. The second kappa shape index (κ2) is 7.34. The third-order valence-electron chi connectivity index (χ3n) is 4.43.